The smallest absolute Gasteiger partial charge is 0.408 e. The Labute approximate surface area is 148 Å². The third-order valence-corrected chi connectivity index (χ3v) is 2.81. The summed E-state index contributed by atoms with van der Waals surface area (Å²) < 4.78 is 10.9. The highest BCUT2D eigenvalue weighted by molar-refractivity contribution is 5.89. The van der Waals surface area contributed by atoms with Gasteiger partial charge in [0.25, 0.3) is 0 Å². The first kappa shape index (κ1) is 23.1. The molecule has 0 aromatic heterocycles. The van der Waals surface area contributed by atoms with Crippen LogP contribution in [0.5, 0.6) is 0 Å². The molecule has 0 aliphatic carbocycles. The van der Waals surface area contributed by atoms with Gasteiger partial charge in [-0.2, -0.15) is 0 Å². The Morgan fingerprint density at radius 2 is 1.56 bits per heavy atom. The second-order valence-corrected chi connectivity index (χ2v) is 7.69. The molecule has 0 rings (SSSR count). The van der Waals surface area contributed by atoms with Crippen LogP contribution in [0.25, 0.3) is 0 Å². The molecule has 0 aliphatic heterocycles. The van der Waals surface area contributed by atoms with Gasteiger partial charge >= 0.3 is 12.1 Å². The molecule has 25 heavy (non-hydrogen) atoms. The molecule has 0 fully saturated rings. The van der Waals surface area contributed by atoms with Crippen molar-refractivity contribution in [1.82, 2.24) is 10.6 Å². The fourth-order valence-electron chi connectivity index (χ4n) is 1.94. The standard InChI is InChI=1S/C16H31N3O6/c1-9(24-15(2,3)4)11(19-14(23)25-16(5,6)7)12(20)18-10(8-17)13(21)22/h9-11H,8,17H2,1-7H3,(H,18,20)(H,19,23)(H,21,22)/t9-,10-,11+/m1/s1. The predicted octanol–water partition coefficient (Wildman–Crippen LogP) is 0.611. The SMILES string of the molecule is C[C@@H](OC(C)(C)C)[C@H](NC(=O)OC(C)(C)C)C(=O)N[C@H](CN)C(=O)O. The van der Waals surface area contributed by atoms with E-state index in [2.05, 4.69) is 10.6 Å². The molecule has 0 saturated carbocycles. The lowest BCUT2D eigenvalue weighted by Gasteiger charge is -2.31. The lowest BCUT2D eigenvalue weighted by molar-refractivity contribution is -0.143. The van der Waals surface area contributed by atoms with Gasteiger partial charge in [-0.1, -0.05) is 0 Å². The zero-order chi connectivity index (χ0) is 20.0. The predicted molar refractivity (Wildman–Crippen MR) is 92.1 cm³/mol. The van der Waals surface area contributed by atoms with Crippen LogP contribution in [0.3, 0.4) is 0 Å². The number of carboxylic acids is 1. The molecular formula is C16H31N3O6. The van der Waals surface area contributed by atoms with Crippen molar-refractivity contribution in [3.63, 3.8) is 0 Å². The molecule has 0 aromatic rings. The number of hydrogen-bond acceptors (Lipinski definition) is 6. The number of aliphatic carboxylic acids is 1. The minimum absolute atomic E-state index is 0.283. The molecule has 0 spiro atoms. The average molecular weight is 361 g/mol. The summed E-state index contributed by atoms with van der Waals surface area (Å²) in [6.45, 7) is 11.8. The number of hydrogen-bond donors (Lipinski definition) is 4. The highest BCUT2D eigenvalue weighted by atomic mass is 16.6. The van der Waals surface area contributed by atoms with E-state index in [1.54, 1.807) is 48.5 Å². The molecule has 0 unspecified atom stereocenters. The molecule has 9 nitrogen and oxygen atoms in total. The summed E-state index contributed by atoms with van der Waals surface area (Å²) in [5.41, 5.74) is 4.02. The molecule has 5 N–H and O–H groups in total. The molecular weight excluding hydrogens is 330 g/mol. The van der Waals surface area contributed by atoms with Gasteiger partial charge in [0.1, 0.15) is 17.7 Å². The van der Waals surface area contributed by atoms with Crippen LogP contribution in [0.4, 0.5) is 4.79 Å². The van der Waals surface area contributed by atoms with Crippen molar-refractivity contribution < 1.29 is 29.0 Å². The van der Waals surface area contributed by atoms with Gasteiger partial charge in [-0.25, -0.2) is 9.59 Å². The molecule has 3 atom stereocenters. The maximum Gasteiger partial charge on any atom is 0.408 e. The normalized spacial score (nSPS) is 15.7. The van der Waals surface area contributed by atoms with Crippen LogP contribution in [0.2, 0.25) is 0 Å². The lowest BCUT2D eigenvalue weighted by atomic mass is 10.1. The molecule has 0 aromatic carbocycles. The highest BCUT2D eigenvalue weighted by Crippen LogP contribution is 2.14. The van der Waals surface area contributed by atoms with Gasteiger partial charge in [0, 0.05) is 6.54 Å². The van der Waals surface area contributed by atoms with Crippen molar-refractivity contribution >= 4 is 18.0 Å². The second kappa shape index (κ2) is 9.00. The van der Waals surface area contributed by atoms with Gasteiger partial charge in [-0.3, -0.25) is 4.79 Å². The fourth-order valence-corrected chi connectivity index (χ4v) is 1.94. The average Bonchev–Trinajstić information content (AvgIpc) is 2.37. The first-order valence-corrected chi connectivity index (χ1v) is 8.07. The van der Waals surface area contributed by atoms with Gasteiger partial charge in [0.2, 0.25) is 5.91 Å². The van der Waals surface area contributed by atoms with E-state index in [1.165, 1.54) is 0 Å². The van der Waals surface area contributed by atoms with Crippen molar-refractivity contribution in [1.29, 1.82) is 0 Å². The number of carbonyl (C=O) groups excluding carboxylic acids is 2. The number of nitrogens with two attached hydrogens (primary N) is 1. The summed E-state index contributed by atoms with van der Waals surface area (Å²) in [6, 6.07) is -2.42. The number of rotatable bonds is 7. The summed E-state index contributed by atoms with van der Waals surface area (Å²) in [5.74, 6) is -1.99. The molecule has 0 bridgehead atoms. The minimum atomic E-state index is -1.27. The third kappa shape index (κ3) is 9.88. The zero-order valence-corrected chi connectivity index (χ0v) is 16.0. The third-order valence-electron chi connectivity index (χ3n) is 2.81. The summed E-state index contributed by atoms with van der Waals surface area (Å²) in [6.07, 6.45) is -1.55. The van der Waals surface area contributed by atoms with E-state index in [0.29, 0.717) is 0 Å². The van der Waals surface area contributed by atoms with Crippen molar-refractivity contribution in [2.45, 2.75) is 77.9 Å². The van der Waals surface area contributed by atoms with Crippen LogP contribution in [-0.4, -0.2) is 59.0 Å². The van der Waals surface area contributed by atoms with Gasteiger partial charge in [0.05, 0.1) is 11.7 Å². The van der Waals surface area contributed by atoms with Crippen LogP contribution < -0.4 is 16.4 Å². The number of carbonyl (C=O) groups is 3. The van der Waals surface area contributed by atoms with Gasteiger partial charge in [0.15, 0.2) is 0 Å². The van der Waals surface area contributed by atoms with E-state index in [9.17, 15) is 14.4 Å². The van der Waals surface area contributed by atoms with Gasteiger partial charge in [-0.05, 0) is 48.5 Å². The van der Waals surface area contributed by atoms with Crippen LogP contribution in [0.15, 0.2) is 0 Å². The van der Waals surface area contributed by atoms with Gasteiger partial charge < -0.3 is 30.9 Å². The first-order chi connectivity index (χ1) is 11.2. The largest absolute Gasteiger partial charge is 0.480 e. The Morgan fingerprint density at radius 1 is 1.04 bits per heavy atom. The molecule has 0 radical (unpaired) electrons. The lowest BCUT2D eigenvalue weighted by Crippen LogP contribution is -2.58. The quantitative estimate of drug-likeness (QED) is 0.521. The Bertz CT molecular complexity index is 481. The first-order valence-electron chi connectivity index (χ1n) is 8.07. The Balaban J connectivity index is 5.27. The summed E-state index contributed by atoms with van der Waals surface area (Å²) in [5, 5.41) is 13.7. The zero-order valence-electron chi connectivity index (χ0n) is 16.0. The molecule has 0 saturated heterocycles. The van der Waals surface area contributed by atoms with E-state index in [-0.39, 0.29) is 6.54 Å². The van der Waals surface area contributed by atoms with Crippen molar-refractivity contribution in [2.24, 2.45) is 5.73 Å². The summed E-state index contributed by atoms with van der Waals surface area (Å²) in [4.78, 5) is 35.5. The summed E-state index contributed by atoms with van der Waals surface area (Å²) in [7, 11) is 0. The maximum atomic E-state index is 12.5. The van der Waals surface area contributed by atoms with E-state index in [4.69, 9.17) is 20.3 Å². The van der Waals surface area contributed by atoms with E-state index in [1.807, 2.05) is 0 Å². The summed E-state index contributed by atoms with van der Waals surface area (Å²) >= 11 is 0. The number of ether oxygens (including phenoxy) is 2. The van der Waals surface area contributed by atoms with Crippen LogP contribution >= 0.6 is 0 Å². The Hall–Kier alpha value is -1.87. The molecule has 0 aliphatic rings. The maximum absolute atomic E-state index is 12.5. The minimum Gasteiger partial charge on any atom is -0.480 e. The Morgan fingerprint density at radius 3 is 1.92 bits per heavy atom. The van der Waals surface area contributed by atoms with Crippen molar-refractivity contribution in [2.75, 3.05) is 6.54 Å². The fraction of sp³-hybridized carbons (Fsp3) is 0.812. The molecule has 0 heterocycles. The molecule has 9 heteroatoms. The van der Waals surface area contributed by atoms with Crippen LogP contribution in [-0.2, 0) is 19.1 Å². The second-order valence-electron chi connectivity index (χ2n) is 7.69. The number of nitrogens with one attached hydrogen (secondary N) is 2. The number of alkyl carbamates (subject to hydrolysis) is 1. The molecule has 146 valence electrons. The van der Waals surface area contributed by atoms with Gasteiger partial charge in [-0.15, -0.1) is 0 Å². The van der Waals surface area contributed by atoms with Crippen LogP contribution in [0.1, 0.15) is 48.5 Å². The Kier molecular flexibility index (Phi) is 8.33. The van der Waals surface area contributed by atoms with Crippen molar-refractivity contribution in [3.05, 3.63) is 0 Å². The van der Waals surface area contributed by atoms with E-state index in [0.717, 1.165) is 0 Å². The number of amides is 2. The highest BCUT2D eigenvalue weighted by Gasteiger charge is 2.34. The monoisotopic (exact) mass is 361 g/mol. The van der Waals surface area contributed by atoms with Crippen LogP contribution in [0, 0.1) is 0 Å². The number of carboxylic acid groups (broad SMARTS) is 1. The van der Waals surface area contributed by atoms with Crippen molar-refractivity contribution in [3.8, 4) is 0 Å². The van der Waals surface area contributed by atoms with E-state index < -0.39 is 47.4 Å². The topological polar surface area (TPSA) is 140 Å². The molecule has 2 amide bonds. The van der Waals surface area contributed by atoms with E-state index >= 15 is 0 Å².